The second-order valence-electron chi connectivity index (χ2n) is 6.56. The maximum atomic E-state index is 13.8. The van der Waals surface area contributed by atoms with E-state index in [1.54, 1.807) is 6.07 Å². The number of nitrogens with one attached hydrogen (secondary N) is 1. The van der Waals surface area contributed by atoms with Gasteiger partial charge in [-0.2, -0.15) is 0 Å². The Kier molecular flexibility index (Phi) is 5.56. The van der Waals surface area contributed by atoms with Crippen LogP contribution in [0.15, 0.2) is 17.1 Å². The predicted molar refractivity (Wildman–Crippen MR) is 91.7 cm³/mol. The third-order valence-corrected chi connectivity index (χ3v) is 4.72. The number of rotatable bonds is 3. The van der Waals surface area contributed by atoms with Gasteiger partial charge in [0.25, 0.3) is 0 Å². The molecule has 0 saturated carbocycles. The third-order valence-electron chi connectivity index (χ3n) is 4.72. The second-order valence-corrected chi connectivity index (χ2v) is 6.56. The van der Waals surface area contributed by atoms with Gasteiger partial charge in [-0.3, -0.25) is 4.99 Å². The Balaban J connectivity index is 1.59. The minimum Gasteiger partial charge on any atom is -0.467 e. The molecular formula is C18H26FN3O2. The second kappa shape index (κ2) is 7.83. The first kappa shape index (κ1) is 17.0. The summed E-state index contributed by atoms with van der Waals surface area (Å²) < 4.78 is 24.6. The van der Waals surface area contributed by atoms with E-state index in [0.717, 1.165) is 41.8 Å². The molecule has 1 aromatic carbocycles. The van der Waals surface area contributed by atoms with Gasteiger partial charge in [-0.25, -0.2) is 4.39 Å². The number of guanidine groups is 1. The Labute approximate surface area is 142 Å². The molecule has 0 aliphatic carbocycles. The number of halogens is 1. The normalized spacial score (nSPS) is 19.0. The van der Waals surface area contributed by atoms with E-state index >= 15 is 0 Å². The molecule has 2 heterocycles. The Morgan fingerprint density at radius 3 is 2.92 bits per heavy atom. The molecule has 0 amide bonds. The van der Waals surface area contributed by atoms with Crippen LogP contribution in [-0.4, -0.2) is 44.3 Å². The standard InChI is InChI=1S/C18H26FN3O2/c1-13-4-7-22(8-5-13)18(20-2)21-6-3-14-9-16(19)10-15-11-23-12-24-17(14)15/h9-10,13H,3-8,11-12H2,1-2H3,(H,20,21). The van der Waals surface area contributed by atoms with Crippen LogP contribution in [0.5, 0.6) is 5.75 Å². The molecule has 1 N–H and O–H groups in total. The number of aliphatic imine (C=N–C) groups is 1. The maximum Gasteiger partial charge on any atom is 0.193 e. The van der Waals surface area contributed by atoms with Gasteiger partial charge >= 0.3 is 0 Å². The molecule has 1 fully saturated rings. The molecule has 2 aliphatic heterocycles. The van der Waals surface area contributed by atoms with Crippen LogP contribution in [0.25, 0.3) is 0 Å². The zero-order chi connectivity index (χ0) is 16.9. The Bertz CT molecular complexity index is 598. The highest BCUT2D eigenvalue weighted by Crippen LogP contribution is 2.29. The summed E-state index contributed by atoms with van der Waals surface area (Å²) in [6.07, 6.45) is 3.08. The lowest BCUT2D eigenvalue weighted by atomic mass is 9.99. The number of benzene rings is 1. The van der Waals surface area contributed by atoms with E-state index in [1.807, 2.05) is 7.05 Å². The summed E-state index contributed by atoms with van der Waals surface area (Å²) in [6, 6.07) is 3.04. The fraction of sp³-hybridized carbons (Fsp3) is 0.611. The lowest BCUT2D eigenvalue weighted by Crippen LogP contribution is -2.45. The molecule has 24 heavy (non-hydrogen) atoms. The lowest BCUT2D eigenvalue weighted by Gasteiger charge is -2.33. The van der Waals surface area contributed by atoms with Gasteiger partial charge < -0.3 is 19.7 Å². The molecule has 1 aromatic rings. The van der Waals surface area contributed by atoms with Crippen molar-refractivity contribution in [2.45, 2.75) is 32.8 Å². The molecule has 1 saturated heterocycles. The van der Waals surface area contributed by atoms with Crippen LogP contribution >= 0.6 is 0 Å². The summed E-state index contributed by atoms with van der Waals surface area (Å²) in [5.74, 6) is 2.24. The van der Waals surface area contributed by atoms with E-state index in [0.29, 0.717) is 19.6 Å². The van der Waals surface area contributed by atoms with Crippen molar-refractivity contribution in [1.82, 2.24) is 10.2 Å². The number of piperidine rings is 1. The van der Waals surface area contributed by atoms with Crippen LogP contribution in [-0.2, 0) is 17.8 Å². The van der Waals surface area contributed by atoms with Crippen molar-refractivity contribution in [3.05, 3.63) is 29.1 Å². The number of hydrogen-bond acceptors (Lipinski definition) is 3. The molecule has 6 heteroatoms. The number of likely N-dealkylation sites (tertiary alicyclic amines) is 1. The third kappa shape index (κ3) is 3.98. The van der Waals surface area contributed by atoms with Crippen LogP contribution in [0.3, 0.4) is 0 Å². The largest absolute Gasteiger partial charge is 0.467 e. The molecule has 0 radical (unpaired) electrons. The summed E-state index contributed by atoms with van der Waals surface area (Å²) in [4.78, 5) is 6.68. The van der Waals surface area contributed by atoms with Gasteiger partial charge in [-0.05, 0) is 42.9 Å². The van der Waals surface area contributed by atoms with Crippen molar-refractivity contribution in [3.63, 3.8) is 0 Å². The van der Waals surface area contributed by atoms with Gasteiger partial charge in [0.2, 0.25) is 0 Å². The molecule has 5 nitrogen and oxygen atoms in total. The van der Waals surface area contributed by atoms with Crippen molar-refractivity contribution in [2.75, 3.05) is 33.5 Å². The summed E-state index contributed by atoms with van der Waals surface area (Å²) in [6.45, 7) is 5.70. The first-order chi connectivity index (χ1) is 11.7. The first-order valence-electron chi connectivity index (χ1n) is 8.65. The van der Waals surface area contributed by atoms with Gasteiger partial charge in [0, 0.05) is 32.2 Å². The highest BCUT2D eigenvalue weighted by molar-refractivity contribution is 5.80. The Morgan fingerprint density at radius 2 is 2.17 bits per heavy atom. The molecule has 0 bridgehead atoms. The molecule has 0 unspecified atom stereocenters. The fourth-order valence-corrected chi connectivity index (χ4v) is 3.30. The SMILES string of the molecule is CN=C(NCCc1cc(F)cc2c1OCOC2)N1CCC(C)CC1. The molecule has 2 aliphatic rings. The van der Waals surface area contributed by atoms with Gasteiger partial charge in [-0.15, -0.1) is 0 Å². The summed E-state index contributed by atoms with van der Waals surface area (Å²) >= 11 is 0. The minimum atomic E-state index is -0.243. The fourth-order valence-electron chi connectivity index (χ4n) is 3.30. The van der Waals surface area contributed by atoms with Crippen LogP contribution in [0.1, 0.15) is 30.9 Å². The van der Waals surface area contributed by atoms with Crippen LogP contribution in [0, 0.1) is 11.7 Å². The monoisotopic (exact) mass is 335 g/mol. The molecule has 3 rings (SSSR count). The van der Waals surface area contributed by atoms with Gasteiger partial charge in [0.05, 0.1) is 6.61 Å². The van der Waals surface area contributed by atoms with Crippen molar-refractivity contribution in [2.24, 2.45) is 10.9 Å². The predicted octanol–water partition coefficient (Wildman–Crippen LogP) is 2.54. The van der Waals surface area contributed by atoms with Crippen molar-refractivity contribution >= 4 is 5.96 Å². The number of fused-ring (bicyclic) bond motifs is 1. The summed E-state index contributed by atoms with van der Waals surface area (Å²) in [5, 5.41) is 3.40. The Hall–Kier alpha value is -1.82. The van der Waals surface area contributed by atoms with E-state index in [9.17, 15) is 4.39 Å². The van der Waals surface area contributed by atoms with Crippen molar-refractivity contribution in [1.29, 1.82) is 0 Å². The Morgan fingerprint density at radius 1 is 1.38 bits per heavy atom. The number of nitrogens with zero attached hydrogens (tertiary/aromatic N) is 2. The van der Waals surface area contributed by atoms with E-state index in [2.05, 4.69) is 22.1 Å². The van der Waals surface area contributed by atoms with Crippen molar-refractivity contribution < 1.29 is 13.9 Å². The molecule has 0 atom stereocenters. The number of hydrogen-bond donors (Lipinski definition) is 1. The van der Waals surface area contributed by atoms with Gasteiger partial charge in [-0.1, -0.05) is 6.92 Å². The minimum absolute atomic E-state index is 0.229. The van der Waals surface area contributed by atoms with E-state index in [1.165, 1.54) is 18.9 Å². The first-order valence-corrected chi connectivity index (χ1v) is 8.65. The quantitative estimate of drug-likeness (QED) is 0.681. The van der Waals surface area contributed by atoms with Gasteiger partial charge in [0.15, 0.2) is 12.8 Å². The van der Waals surface area contributed by atoms with E-state index < -0.39 is 0 Å². The van der Waals surface area contributed by atoms with Crippen molar-refractivity contribution in [3.8, 4) is 5.75 Å². The summed E-state index contributed by atoms with van der Waals surface area (Å²) in [5.41, 5.74) is 1.66. The highest BCUT2D eigenvalue weighted by Gasteiger charge is 2.19. The zero-order valence-electron chi connectivity index (χ0n) is 14.5. The van der Waals surface area contributed by atoms with E-state index in [4.69, 9.17) is 9.47 Å². The average molecular weight is 335 g/mol. The molecule has 0 aromatic heterocycles. The number of ether oxygens (including phenoxy) is 2. The van der Waals surface area contributed by atoms with Crippen LogP contribution < -0.4 is 10.1 Å². The molecular weight excluding hydrogens is 309 g/mol. The van der Waals surface area contributed by atoms with E-state index in [-0.39, 0.29) is 12.6 Å². The smallest absolute Gasteiger partial charge is 0.193 e. The average Bonchev–Trinajstić information content (AvgIpc) is 2.59. The lowest BCUT2D eigenvalue weighted by molar-refractivity contribution is -0.0172. The van der Waals surface area contributed by atoms with Gasteiger partial charge in [0.1, 0.15) is 11.6 Å². The summed E-state index contributed by atoms with van der Waals surface area (Å²) in [7, 11) is 1.81. The maximum absolute atomic E-state index is 13.8. The molecule has 132 valence electrons. The topological polar surface area (TPSA) is 46.1 Å². The zero-order valence-corrected chi connectivity index (χ0v) is 14.5. The van der Waals surface area contributed by atoms with Crippen LogP contribution in [0.2, 0.25) is 0 Å². The molecule has 0 spiro atoms. The van der Waals surface area contributed by atoms with Crippen LogP contribution in [0.4, 0.5) is 4.39 Å². The highest BCUT2D eigenvalue weighted by atomic mass is 19.1.